The van der Waals surface area contributed by atoms with E-state index in [4.69, 9.17) is 4.74 Å². The Bertz CT molecular complexity index is 479. The summed E-state index contributed by atoms with van der Waals surface area (Å²) in [6, 6.07) is 0.583. The van der Waals surface area contributed by atoms with Crippen LogP contribution < -0.4 is 4.90 Å². The van der Waals surface area contributed by atoms with Crippen molar-refractivity contribution in [2.45, 2.75) is 58.9 Å². The van der Waals surface area contributed by atoms with Crippen LogP contribution in [0.5, 0.6) is 0 Å². The van der Waals surface area contributed by atoms with Gasteiger partial charge < -0.3 is 9.64 Å². The maximum Gasteiger partial charge on any atom is 0.350 e. The summed E-state index contributed by atoms with van der Waals surface area (Å²) in [5.41, 5.74) is 0.786. The van der Waals surface area contributed by atoms with Crippen molar-refractivity contribution < 1.29 is 9.53 Å². The van der Waals surface area contributed by atoms with Crippen molar-refractivity contribution in [2.75, 3.05) is 18.6 Å². The smallest absolute Gasteiger partial charge is 0.350 e. The molecule has 2 rings (SSSR count). The fourth-order valence-electron chi connectivity index (χ4n) is 2.83. The fraction of sp³-hybridized carbons (Fsp3) is 0.750. The van der Waals surface area contributed by atoms with Crippen LogP contribution in [0, 0.1) is 12.8 Å². The quantitative estimate of drug-likeness (QED) is 0.744. The van der Waals surface area contributed by atoms with Crippen molar-refractivity contribution in [1.29, 1.82) is 0 Å². The van der Waals surface area contributed by atoms with Crippen molar-refractivity contribution in [3.63, 3.8) is 0 Å². The Morgan fingerprint density at radius 2 is 2.10 bits per heavy atom. The highest BCUT2D eigenvalue weighted by molar-refractivity contribution is 7.17. The van der Waals surface area contributed by atoms with Gasteiger partial charge in [-0.2, -0.15) is 0 Å². The molecule has 4 nitrogen and oxygen atoms in total. The molecule has 1 aromatic heterocycles. The second kappa shape index (κ2) is 7.25. The zero-order valence-electron chi connectivity index (χ0n) is 13.5. The molecule has 0 bridgehead atoms. The van der Waals surface area contributed by atoms with Crippen molar-refractivity contribution in [3.05, 3.63) is 10.6 Å². The predicted molar refractivity (Wildman–Crippen MR) is 87.2 cm³/mol. The fourth-order valence-corrected chi connectivity index (χ4v) is 3.92. The van der Waals surface area contributed by atoms with E-state index in [1.165, 1.54) is 44.1 Å². The number of thiazole rings is 1. The van der Waals surface area contributed by atoms with E-state index in [-0.39, 0.29) is 5.97 Å². The highest BCUT2D eigenvalue weighted by Gasteiger charge is 2.27. The van der Waals surface area contributed by atoms with Gasteiger partial charge in [0.05, 0.1) is 12.8 Å². The van der Waals surface area contributed by atoms with Crippen LogP contribution in [0.15, 0.2) is 0 Å². The number of nitrogens with zero attached hydrogens (tertiary/aromatic N) is 2. The lowest BCUT2D eigenvalue weighted by Crippen LogP contribution is -2.34. The summed E-state index contributed by atoms with van der Waals surface area (Å²) in [4.78, 5) is 19.5. The normalized spacial score (nSPS) is 15.7. The molecule has 0 aliphatic heterocycles. The standard InChI is InChI=1S/C16H26N2O2S/c1-11(2)9-10-18(13-7-5-6-8-13)16-17-12(3)14(21-16)15(19)20-4/h11,13H,5-10H2,1-4H3. The van der Waals surface area contributed by atoms with Gasteiger partial charge in [-0.3, -0.25) is 0 Å². The third-order valence-corrected chi connectivity index (χ3v) is 5.29. The van der Waals surface area contributed by atoms with Crippen LogP contribution in [0.2, 0.25) is 0 Å². The third kappa shape index (κ3) is 3.96. The Morgan fingerprint density at radius 1 is 1.43 bits per heavy atom. The van der Waals surface area contributed by atoms with E-state index < -0.39 is 0 Å². The van der Waals surface area contributed by atoms with E-state index in [0.717, 1.165) is 23.8 Å². The molecule has 21 heavy (non-hydrogen) atoms. The van der Waals surface area contributed by atoms with Crippen LogP contribution in [0.3, 0.4) is 0 Å². The first-order chi connectivity index (χ1) is 10.0. The zero-order chi connectivity index (χ0) is 15.4. The van der Waals surface area contributed by atoms with Crippen LogP contribution in [0.25, 0.3) is 0 Å². The number of rotatable bonds is 6. The number of hydrogen-bond donors (Lipinski definition) is 0. The molecular weight excluding hydrogens is 284 g/mol. The first kappa shape index (κ1) is 16.3. The maximum absolute atomic E-state index is 11.8. The number of anilines is 1. The van der Waals surface area contributed by atoms with Gasteiger partial charge in [-0.05, 0) is 32.1 Å². The average Bonchev–Trinajstić information content (AvgIpc) is 3.08. The number of methoxy groups -OCH3 is 1. The minimum absolute atomic E-state index is 0.272. The maximum atomic E-state index is 11.8. The minimum Gasteiger partial charge on any atom is -0.465 e. The molecular formula is C16H26N2O2S. The number of hydrogen-bond acceptors (Lipinski definition) is 5. The van der Waals surface area contributed by atoms with Gasteiger partial charge in [-0.25, -0.2) is 9.78 Å². The molecule has 1 aromatic rings. The molecule has 1 aliphatic carbocycles. The summed E-state index contributed by atoms with van der Waals surface area (Å²) in [6.07, 6.45) is 6.24. The van der Waals surface area contributed by atoms with Crippen LogP contribution in [-0.2, 0) is 4.74 Å². The Labute approximate surface area is 131 Å². The van der Waals surface area contributed by atoms with E-state index in [0.29, 0.717) is 16.8 Å². The van der Waals surface area contributed by atoms with E-state index >= 15 is 0 Å². The number of aromatic nitrogens is 1. The molecule has 1 fully saturated rings. The van der Waals surface area contributed by atoms with Crippen molar-refractivity contribution in [3.8, 4) is 0 Å². The predicted octanol–water partition coefficient (Wildman–Crippen LogP) is 4.03. The monoisotopic (exact) mass is 310 g/mol. The molecule has 118 valence electrons. The molecule has 0 spiro atoms. The molecule has 1 heterocycles. The molecule has 0 amide bonds. The highest BCUT2D eigenvalue weighted by Crippen LogP contribution is 2.33. The lowest BCUT2D eigenvalue weighted by Gasteiger charge is -2.29. The van der Waals surface area contributed by atoms with E-state index in [2.05, 4.69) is 23.7 Å². The summed E-state index contributed by atoms with van der Waals surface area (Å²) in [5, 5.41) is 0.987. The van der Waals surface area contributed by atoms with Gasteiger partial charge in [0.15, 0.2) is 5.13 Å². The molecule has 0 aromatic carbocycles. The topological polar surface area (TPSA) is 42.4 Å². The molecule has 1 aliphatic rings. The summed E-state index contributed by atoms with van der Waals surface area (Å²) in [5.74, 6) is 0.404. The van der Waals surface area contributed by atoms with Crippen molar-refractivity contribution in [1.82, 2.24) is 4.98 Å². The molecule has 0 atom stereocenters. The highest BCUT2D eigenvalue weighted by atomic mass is 32.1. The van der Waals surface area contributed by atoms with E-state index in [1.807, 2.05) is 6.92 Å². The molecule has 0 N–H and O–H groups in total. The van der Waals surface area contributed by atoms with Crippen molar-refractivity contribution >= 4 is 22.4 Å². The molecule has 5 heteroatoms. The lowest BCUT2D eigenvalue weighted by atomic mass is 10.1. The van der Waals surface area contributed by atoms with Gasteiger partial charge in [0.1, 0.15) is 4.88 Å². The third-order valence-electron chi connectivity index (χ3n) is 4.11. The first-order valence-electron chi connectivity index (χ1n) is 7.85. The zero-order valence-corrected chi connectivity index (χ0v) is 14.3. The Hall–Kier alpha value is -1.10. The Morgan fingerprint density at radius 3 is 2.67 bits per heavy atom. The number of carbonyl (C=O) groups is 1. The minimum atomic E-state index is -0.272. The Balaban J connectivity index is 2.21. The van der Waals surface area contributed by atoms with Gasteiger partial charge in [0, 0.05) is 12.6 Å². The number of aryl methyl sites for hydroxylation is 1. The molecule has 1 saturated carbocycles. The van der Waals surface area contributed by atoms with Gasteiger partial charge in [0.2, 0.25) is 0 Å². The molecule has 0 unspecified atom stereocenters. The summed E-state index contributed by atoms with van der Waals surface area (Å²) >= 11 is 1.48. The number of carbonyl (C=O) groups excluding carboxylic acids is 1. The van der Waals surface area contributed by atoms with Gasteiger partial charge in [0.25, 0.3) is 0 Å². The SMILES string of the molecule is COC(=O)c1sc(N(CCC(C)C)C2CCCC2)nc1C. The Kier molecular flexibility index (Phi) is 5.62. The van der Waals surface area contributed by atoms with Crippen LogP contribution in [0.1, 0.15) is 61.3 Å². The van der Waals surface area contributed by atoms with Crippen LogP contribution in [0.4, 0.5) is 5.13 Å². The first-order valence-corrected chi connectivity index (χ1v) is 8.67. The summed E-state index contributed by atoms with van der Waals surface area (Å²) in [7, 11) is 1.43. The second-order valence-corrected chi connectivity index (χ2v) is 7.19. The second-order valence-electron chi connectivity index (χ2n) is 6.22. The largest absolute Gasteiger partial charge is 0.465 e. The lowest BCUT2D eigenvalue weighted by molar-refractivity contribution is 0.0605. The van der Waals surface area contributed by atoms with Gasteiger partial charge in [-0.1, -0.05) is 38.0 Å². The van der Waals surface area contributed by atoms with Gasteiger partial charge >= 0.3 is 5.97 Å². The van der Waals surface area contributed by atoms with E-state index in [9.17, 15) is 4.79 Å². The molecule has 0 saturated heterocycles. The average molecular weight is 310 g/mol. The number of esters is 1. The number of ether oxygens (including phenoxy) is 1. The van der Waals surface area contributed by atoms with Crippen LogP contribution >= 0.6 is 11.3 Å². The van der Waals surface area contributed by atoms with Crippen molar-refractivity contribution in [2.24, 2.45) is 5.92 Å². The summed E-state index contributed by atoms with van der Waals surface area (Å²) < 4.78 is 4.85. The van der Waals surface area contributed by atoms with Crippen LogP contribution in [-0.4, -0.2) is 30.6 Å². The molecule has 0 radical (unpaired) electrons. The summed E-state index contributed by atoms with van der Waals surface area (Å²) in [6.45, 7) is 7.41. The van der Waals surface area contributed by atoms with E-state index in [1.54, 1.807) is 0 Å². The van der Waals surface area contributed by atoms with Gasteiger partial charge in [-0.15, -0.1) is 0 Å².